The fourth-order valence-electron chi connectivity index (χ4n) is 3.33. The zero-order chi connectivity index (χ0) is 20.8. The standard InChI is InChI=1S/C23H23IN2O3/c1-3-8-19-17(4-2)22(18-11-5-6-12-20(18)26-19)23(28)29-14-21(27)25-16-10-7-9-15(24)13-16/h5-7,9-13H,3-4,8,14H2,1-2H3,(H,25,27). The molecule has 0 radical (unpaired) electrons. The summed E-state index contributed by atoms with van der Waals surface area (Å²) in [6.45, 7) is 3.75. The number of pyridine rings is 1. The van der Waals surface area contributed by atoms with E-state index in [1.165, 1.54) is 0 Å². The molecule has 0 aliphatic heterocycles. The van der Waals surface area contributed by atoms with Crippen LogP contribution in [-0.4, -0.2) is 23.5 Å². The molecule has 0 unspecified atom stereocenters. The van der Waals surface area contributed by atoms with Gasteiger partial charge in [-0.25, -0.2) is 4.79 Å². The molecular weight excluding hydrogens is 479 g/mol. The first kappa shape index (κ1) is 21.2. The predicted octanol–water partition coefficient (Wildman–Crippen LogP) is 5.15. The van der Waals surface area contributed by atoms with Crippen LogP contribution in [0.5, 0.6) is 0 Å². The van der Waals surface area contributed by atoms with Crippen LogP contribution in [0.2, 0.25) is 0 Å². The van der Waals surface area contributed by atoms with Crippen molar-refractivity contribution in [2.45, 2.75) is 33.1 Å². The number of hydrogen-bond donors (Lipinski definition) is 1. The minimum absolute atomic E-state index is 0.340. The zero-order valence-corrected chi connectivity index (χ0v) is 18.7. The maximum Gasteiger partial charge on any atom is 0.339 e. The highest BCUT2D eigenvalue weighted by Gasteiger charge is 2.21. The fourth-order valence-corrected chi connectivity index (χ4v) is 3.87. The molecule has 3 rings (SSSR count). The number of benzene rings is 2. The number of carbonyl (C=O) groups is 2. The number of nitrogens with zero attached hydrogens (tertiary/aromatic N) is 1. The van der Waals surface area contributed by atoms with Gasteiger partial charge in [0.15, 0.2) is 6.61 Å². The quantitative estimate of drug-likeness (QED) is 0.359. The SMILES string of the molecule is CCCc1nc2ccccc2c(C(=O)OCC(=O)Nc2cccc(I)c2)c1CC. The number of esters is 1. The Morgan fingerprint density at radius 3 is 2.62 bits per heavy atom. The van der Waals surface area contributed by atoms with Crippen molar-refractivity contribution >= 4 is 51.1 Å². The average Bonchev–Trinajstić information content (AvgIpc) is 2.71. The molecule has 0 spiro atoms. The van der Waals surface area contributed by atoms with Crippen molar-refractivity contribution in [3.05, 3.63) is 68.9 Å². The third-order valence-electron chi connectivity index (χ3n) is 4.57. The van der Waals surface area contributed by atoms with Gasteiger partial charge in [-0.3, -0.25) is 9.78 Å². The highest BCUT2D eigenvalue weighted by molar-refractivity contribution is 14.1. The Kier molecular flexibility index (Phi) is 7.19. The van der Waals surface area contributed by atoms with Gasteiger partial charge in [-0.05, 0) is 65.3 Å². The van der Waals surface area contributed by atoms with Crippen molar-refractivity contribution in [1.82, 2.24) is 4.98 Å². The number of rotatable bonds is 7. The van der Waals surface area contributed by atoms with Crippen molar-refractivity contribution in [3.63, 3.8) is 0 Å². The van der Waals surface area contributed by atoms with Crippen LogP contribution in [0.3, 0.4) is 0 Å². The predicted molar refractivity (Wildman–Crippen MR) is 123 cm³/mol. The molecule has 1 amide bonds. The molecule has 1 N–H and O–H groups in total. The highest BCUT2D eigenvalue weighted by atomic mass is 127. The van der Waals surface area contributed by atoms with E-state index in [9.17, 15) is 9.59 Å². The van der Waals surface area contributed by atoms with Gasteiger partial charge in [0.1, 0.15) is 0 Å². The Morgan fingerprint density at radius 2 is 1.90 bits per heavy atom. The van der Waals surface area contributed by atoms with Gasteiger partial charge in [0.25, 0.3) is 5.91 Å². The minimum atomic E-state index is -0.490. The van der Waals surface area contributed by atoms with Crippen LogP contribution in [0.25, 0.3) is 10.9 Å². The number of carbonyl (C=O) groups excluding carboxylic acids is 2. The van der Waals surface area contributed by atoms with E-state index < -0.39 is 5.97 Å². The summed E-state index contributed by atoms with van der Waals surface area (Å²) in [6.07, 6.45) is 2.40. The summed E-state index contributed by atoms with van der Waals surface area (Å²) in [4.78, 5) is 30.0. The number of hydrogen-bond acceptors (Lipinski definition) is 4. The number of ether oxygens (including phenoxy) is 1. The first-order chi connectivity index (χ1) is 14.0. The third-order valence-corrected chi connectivity index (χ3v) is 5.24. The summed E-state index contributed by atoms with van der Waals surface area (Å²) in [7, 11) is 0. The molecule has 5 nitrogen and oxygen atoms in total. The molecular formula is C23H23IN2O3. The second-order valence-corrected chi connectivity index (χ2v) is 7.91. The van der Waals surface area contributed by atoms with E-state index in [0.29, 0.717) is 17.7 Å². The Bertz CT molecular complexity index is 1050. The van der Waals surface area contributed by atoms with Crippen LogP contribution < -0.4 is 5.32 Å². The number of aryl methyl sites for hydroxylation is 1. The smallest absolute Gasteiger partial charge is 0.339 e. The van der Waals surface area contributed by atoms with Crippen molar-refractivity contribution in [3.8, 4) is 0 Å². The molecule has 1 heterocycles. The lowest BCUT2D eigenvalue weighted by Gasteiger charge is -2.15. The van der Waals surface area contributed by atoms with Gasteiger partial charge in [-0.2, -0.15) is 0 Å². The minimum Gasteiger partial charge on any atom is -0.452 e. The van der Waals surface area contributed by atoms with E-state index in [1.54, 1.807) is 6.07 Å². The summed E-state index contributed by atoms with van der Waals surface area (Å²) in [5, 5.41) is 3.51. The van der Waals surface area contributed by atoms with Crippen LogP contribution >= 0.6 is 22.6 Å². The average molecular weight is 502 g/mol. The maximum atomic E-state index is 13.0. The lowest BCUT2D eigenvalue weighted by Crippen LogP contribution is -2.22. The number of anilines is 1. The van der Waals surface area contributed by atoms with Gasteiger partial charge >= 0.3 is 5.97 Å². The van der Waals surface area contributed by atoms with E-state index in [-0.39, 0.29) is 12.5 Å². The second-order valence-electron chi connectivity index (χ2n) is 6.67. The Labute approximate surface area is 184 Å². The largest absolute Gasteiger partial charge is 0.452 e. The van der Waals surface area contributed by atoms with Gasteiger partial charge in [0.05, 0.1) is 11.1 Å². The number of amides is 1. The second kappa shape index (κ2) is 9.82. The molecule has 0 bridgehead atoms. The number of para-hydroxylation sites is 1. The summed E-state index contributed by atoms with van der Waals surface area (Å²) < 4.78 is 6.41. The Morgan fingerprint density at radius 1 is 1.10 bits per heavy atom. The third kappa shape index (κ3) is 5.12. The summed E-state index contributed by atoms with van der Waals surface area (Å²) >= 11 is 2.17. The molecule has 0 aliphatic carbocycles. The van der Waals surface area contributed by atoms with Crippen molar-refractivity contribution in [2.75, 3.05) is 11.9 Å². The molecule has 0 fully saturated rings. The summed E-state index contributed by atoms with van der Waals surface area (Å²) in [5.74, 6) is -0.860. The van der Waals surface area contributed by atoms with Crippen LogP contribution in [-0.2, 0) is 22.4 Å². The normalized spacial score (nSPS) is 10.7. The molecule has 0 saturated carbocycles. The maximum absolute atomic E-state index is 13.0. The Balaban J connectivity index is 1.83. The number of fused-ring (bicyclic) bond motifs is 1. The molecule has 29 heavy (non-hydrogen) atoms. The van der Waals surface area contributed by atoms with Crippen LogP contribution in [0.15, 0.2) is 48.5 Å². The molecule has 0 aliphatic rings. The van der Waals surface area contributed by atoms with Gasteiger partial charge < -0.3 is 10.1 Å². The zero-order valence-electron chi connectivity index (χ0n) is 16.5. The Hall–Kier alpha value is -2.48. The number of nitrogens with one attached hydrogen (secondary N) is 1. The van der Waals surface area contributed by atoms with Crippen LogP contribution in [0.1, 0.15) is 41.9 Å². The first-order valence-corrected chi connectivity index (χ1v) is 10.7. The molecule has 2 aromatic carbocycles. The van der Waals surface area contributed by atoms with E-state index in [4.69, 9.17) is 9.72 Å². The van der Waals surface area contributed by atoms with E-state index in [0.717, 1.165) is 38.6 Å². The molecule has 0 saturated heterocycles. The van der Waals surface area contributed by atoms with E-state index in [1.807, 2.05) is 49.4 Å². The summed E-state index contributed by atoms with van der Waals surface area (Å²) in [5.41, 5.74) is 3.77. The van der Waals surface area contributed by atoms with Crippen LogP contribution in [0, 0.1) is 3.57 Å². The van der Waals surface area contributed by atoms with Gasteiger partial charge in [0.2, 0.25) is 0 Å². The number of aromatic nitrogens is 1. The molecule has 1 aromatic heterocycles. The van der Waals surface area contributed by atoms with Gasteiger partial charge in [-0.1, -0.05) is 44.5 Å². The van der Waals surface area contributed by atoms with Crippen molar-refractivity contribution in [2.24, 2.45) is 0 Å². The lowest BCUT2D eigenvalue weighted by atomic mass is 9.96. The van der Waals surface area contributed by atoms with E-state index >= 15 is 0 Å². The topological polar surface area (TPSA) is 68.3 Å². The van der Waals surface area contributed by atoms with Crippen molar-refractivity contribution < 1.29 is 14.3 Å². The summed E-state index contributed by atoms with van der Waals surface area (Å²) in [6, 6.07) is 15.0. The van der Waals surface area contributed by atoms with Gasteiger partial charge in [0, 0.05) is 20.3 Å². The monoisotopic (exact) mass is 502 g/mol. The number of halogens is 1. The lowest BCUT2D eigenvalue weighted by molar-refractivity contribution is -0.119. The van der Waals surface area contributed by atoms with Gasteiger partial charge in [-0.15, -0.1) is 0 Å². The van der Waals surface area contributed by atoms with Crippen molar-refractivity contribution in [1.29, 1.82) is 0 Å². The van der Waals surface area contributed by atoms with Crippen LogP contribution in [0.4, 0.5) is 5.69 Å². The molecule has 6 heteroatoms. The molecule has 0 atom stereocenters. The fraction of sp³-hybridized carbons (Fsp3) is 0.261. The molecule has 150 valence electrons. The van der Waals surface area contributed by atoms with E-state index in [2.05, 4.69) is 34.8 Å². The molecule has 3 aromatic rings. The highest BCUT2D eigenvalue weighted by Crippen LogP contribution is 2.26. The first-order valence-electron chi connectivity index (χ1n) is 9.66.